The lowest BCUT2D eigenvalue weighted by Gasteiger charge is -2.27. The van der Waals surface area contributed by atoms with Gasteiger partial charge >= 0.3 is 0 Å². The number of morpholine rings is 1. The van der Waals surface area contributed by atoms with Crippen LogP contribution in [0.3, 0.4) is 0 Å². The molecule has 1 rings (SSSR count). The Morgan fingerprint density at radius 3 is 2.38 bits per heavy atom. The Bertz CT molecular complexity index is 286. The normalized spacial score (nSPS) is 20.9. The number of rotatable bonds is 6. The largest absolute Gasteiger partial charge is 0.396 e. The number of hydrogen-bond acceptors (Lipinski definition) is 5. The third-order valence-corrected chi connectivity index (χ3v) is 4.06. The fraction of sp³-hybridized carbons (Fsp3) is 1.00. The van der Waals surface area contributed by atoms with E-state index in [1.165, 1.54) is 0 Å². The summed E-state index contributed by atoms with van der Waals surface area (Å²) in [5.41, 5.74) is 0. The second kappa shape index (κ2) is 6.51. The lowest BCUT2D eigenvalue weighted by Crippen LogP contribution is -2.38. The van der Waals surface area contributed by atoms with E-state index >= 15 is 0 Å². The van der Waals surface area contributed by atoms with Gasteiger partial charge in [0.05, 0.1) is 18.5 Å². The minimum Gasteiger partial charge on any atom is -0.396 e. The minimum absolute atomic E-state index is 0.0865. The van der Waals surface area contributed by atoms with Crippen molar-refractivity contribution in [3.63, 3.8) is 0 Å². The van der Waals surface area contributed by atoms with E-state index in [-0.39, 0.29) is 13.0 Å². The van der Waals surface area contributed by atoms with Crippen LogP contribution < -0.4 is 0 Å². The van der Waals surface area contributed by atoms with Crippen molar-refractivity contribution in [1.29, 1.82) is 0 Å². The molecule has 0 aromatic rings. The third-order valence-electron chi connectivity index (χ3n) is 2.74. The van der Waals surface area contributed by atoms with Gasteiger partial charge in [0.2, 0.25) is 0 Å². The standard InChI is InChI=1S/C9H19NO5S/c11-6-2-9(16(12,13)14)1-3-10-4-7-15-8-5-10/h9,11H,1-8H2,(H,12,13,14). The molecule has 1 saturated heterocycles. The number of ether oxygens (including phenoxy) is 1. The molecule has 1 unspecified atom stereocenters. The van der Waals surface area contributed by atoms with Crippen LogP contribution in [-0.4, -0.2) is 67.7 Å². The van der Waals surface area contributed by atoms with Crippen molar-refractivity contribution in [2.75, 3.05) is 39.5 Å². The third kappa shape index (κ3) is 4.75. The van der Waals surface area contributed by atoms with E-state index in [0.29, 0.717) is 26.2 Å². The highest BCUT2D eigenvalue weighted by Crippen LogP contribution is 2.10. The van der Waals surface area contributed by atoms with Crippen molar-refractivity contribution >= 4 is 10.1 Å². The molecule has 7 heteroatoms. The number of aliphatic hydroxyl groups is 1. The Hall–Kier alpha value is -0.210. The fourth-order valence-electron chi connectivity index (χ4n) is 1.74. The highest BCUT2D eigenvalue weighted by molar-refractivity contribution is 7.86. The quantitative estimate of drug-likeness (QED) is 0.612. The van der Waals surface area contributed by atoms with Gasteiger partial charge in [-0.25, -0.2) is 0 Å². The molecule has 0 bridgehead atoms. The molecule has 0 radical (unpaired) electrons. The van der Waals surface area contributed by atoms with E-state index in [4.69, 9.17) is 14.4 Å². The van der Waals surface area contributed by atoms with E-state index in [1.807, 2.05) is 0 Å². The molecule has 0 aromatic carbocycles. The van der Waals surface area contributed by atoms with Crippen molar-refractivity contribution in [3.05, 3.63) is 0 Å². The summed E-state index contributed by atoms with van der Waals surface area (Å²) in [5.74, 6) is 0. The lowest BCUT2D eigenvalue weighted by atomic mass is 10.2. The number of hydrogen-bond donors (Lipinski definition) is 2. The molecule has 1 heterocycles. The van der Waals surface area contributed by atoms with Gasteiger partial charge in [0.25, 0.3) is 10.1 Å². The molecular formula is C9H19NO5S. The maximum atomic E-state index is 11.0. The summed E-state index contributed by atoms with van der Waals surface area (Å²) < 4.78 is 36.1. The van der Waals surface area contributed by atoms with Crippen LogP contribution in [0, 0.1) is 0 Å². The van der Waals surface area contributed by atoms with Gasteiger partial charge in [0.15, 0.2) is 0 Å². The van der Waals surface area contributed by atoms with Gasteiger partial charge < -0.3 is 9.84 Å². The first-order chi connectivity index (χ1) is 7.54. The summed E-state index contributed by atoms with van der Waals surface area (Å²) in [7, 11) is -4.05. The zero-order valence-electron chi connectivity index (χ0n) is 9.21. The van der Waals surface area contributed by atoms with Crippen LogP contribution in [0.2, 0.25) is 0 Å². The first-order valence-electron chi connectivity index (χ1n) is 5.41. The van der Waals surface area contributed by atoms with Crippen LogP contribution in [0.5, 0.6) is 0 Å². The van der Waals surface area contributed by atoms with Crippen LogP contribution >= 0.6 is 0 Å². The van der Waals surface area contributed by atoms with E-state index in [9.17, 15) is 8.42 Å². The van der Waals surface area contributed by atoms with Gasteiger partial charge in [-0.15, -0.1) is 0 Å². The van der Waals surface area contributed by atoms with Crippen LogP contribution in [-0.2, 0) is 14.9 Å². The van der Waals surface area contributed by atoms with Gasteiger partial charge in [-0.05, 0) is 19.4 Å². The first kappa shape index (κ1) is 13.9. The molecule has 0 saturated carbocycles. The van der Waals surface area contributed by atoms with E-state index in [0.717, 1.165) is 13.1 Å². The van der Waals surface area contributed by atoms with Crippen molar-refractivity contribution in [1.82, 2.24) is 4.90 Å². The average molecular weight is 253 g/mol. The lowest BCUT2D eigenvalue weighted by molar-refractivity contribution is 0.0370. The van der Waals surface area contributed by atoms with Crippen molar-refractivity contribution in [2.24, 2.45) is 0 Å². The SMILES string of the molecule is O=S(=O)(O)C(CCO)CCN1CCOCC1. The summed E-state index contributed by atoms with van der Waals surface area (Å²) in [6.45, 7) is 3.28. The summed E-state index contributed by atoms with van der Waals surface area (Å²) >= 11 is 0. The molecule has 0 aromatic heterocycles. The van der Waals surface area contributed by atoms with Crippen molar-refractivity contribution in [3.8, 4) is 0 Å². The van der Waals surface area contributed by atoms with Gasteiger partial charge in [0, 0.05) is 19.7 Å². The summed E-state index contributed by atoms with van der Waals surface area (Å²) in [6.07, 6.45) is 0.433. The van der Waals surface area contributed by atoms with Gasteiger partial charge in [-0.1, -0.05) is 0 Å². The summed E-state index contributed by atoms with van der Waals surface area (Å²) in [6, 6.07) is 0. The molecule has 2 N–H and O–H groups in total. The highest BCUT2D eigenvalue weighted by Gasteiger charge is 2.23. The molecule has 16 heavy (non-hydrogen) atoms. The Balaban J connectivity index is 2.37. The molecule has 1 aliphatic heterocycles. The first-order valence-corrected chi connectivity index (χ1v) is 6.91. The molecular weight excluding hydrogens is 234 g/mol. The van der Waals surface area contributed by atoms with Gasteiger partial charge in [0.1, 0.15) is 0 Å². The monoisotopic (exact) mass is 253 g/mol. The summed E-state index contributed by atoms with van der Waals surface area (Å²) in [5, 5.41) is 7.87. The molecule has 0 spiro atoms. The summed E-state index contributed by atoms with van der Waals surface area (Å²) in [4.78, 5) is 2.10. The van der Waals surface area contributed by atoms with Crippen LogP contribution in [0.25, 0.3) is 0 Å². The molecule has 0 amide bonds. The van der Waals surface area contributed by atoms with Crippen LogP contribution in [0.15, 0.2) is 0 Å². The second-order valence-electron chi connectivity index (χ2n) is 3.89. The molecule has 0 aliphatic carbocycles. The average Bonchev–Trinajstić information content (AvgIpc) is 2.24. The molecule has 1 atom stereocenters. The van der Waals surface area contributed by atoms with E-state index in [2.05, 4.69) is 4.90 Å². The van der Waals surface area contributed by atoms with Gasteiger partial charge in [-0.3, -0.25) is 9.45 Å². The molecule has 6 nitrogen and oxygen atoms in total. The predicted octanol–water partition coefficient (Wildman–Crippen LogP) is -0.652. The zero-order chi connectivity index (χ0) is 12.0. The highest BCUT2D eigenvalue weighted by atomic mass is 32.2. The molecule has 1 aliphatic rings. The Labute approximate surface area is 95.9 Å². The van der Waals surface area contributed by atoms with Crippen LogP contribution in [0.1, 0.15) is 12.8 Å². The Morgan fingerprint density at radius 2 is 1.88 bits per heavy atom. The van der Waals surface area contributed by atoms with E-state index in [1.54, 1.807) is 0 Å². The fourth-order valence-corrected chi connectivity index (χ4v) is 2.54. The minimum atomic E-state index is -4.05. The van der Waals surface area contributed by atoms with E-state index < -0.39 is 15.4 Å². The second-order valence-corrected chi connectivity index (χ2v) is 5.59. The zero-order valence-corrected chi connectivity index (χ0v) is 10.0. The maximum Gasteiger partial charge on any atom is 0.267 e. The maximum absolute atomic E-state index is 11.0. The molecule has 1 fully saturated rings. The van der Waals surface area contributed by atoms with Crippen molar-refractivity contribution < 1.29 is 22.8 Å². The van der Waals surface area contributed by atoms with Crippen LogP contribution in [0.4, 0.5) is 0 Å². The number of aliphatic hydroxyl groups excluding tert-OH is 1. The topological polar surface area (TPSA) is 87.1 Å². The van der Waals surface area contributed by atoms with Crippen molar-refractivity contribution in [2.45, 2.75) is 18.1 Å². The Kier molecular flexibility index (Phi) is 5.63. The molecule has 96 valence electrons. The smallest absolute Gasteiger partial charge is 0.267 e. The number of nitrogens with zero attached hydrogens (tertiary/aromatic N) is 1. The Morgan fingerprint density at radius 1 is 1.25 bits per heavy atom. The van der Waals surface area contributed by atoms with Gasteiger partial charge in [-0.2, -0.15) is 8.42 Å². The predicted molar refractivity (Wildman–Crippen MR) is 58.9 cm³/mol.